The van der Waals surface area contributed by atoms with Gasteiger partial charge in [0.1, 0.15) is 5.82 Å². The highest BCUT2D eigenvalue weighted by Gasteiger charge is 2.38. The quantitative estimate of drug-likeness (QED) is 0.704. The maximum atomic E-state index is 13.1. The Morgan fingerprint density at radius 1 is 1.19 bits per heavy atom. The van der Waals surface area contributed by atoms with Gasteiger partial charge >= 0.3 is 0 Å². The first-order chi connectivity index (χ1) is 9.94. The summed E-state index contributed by atoms with van der Waals surface area (Å²) >= 11 is 6.05. The molecule has 0 aliphatic heterocycles. The monoisotopic (exact) mass is 313 g/mol. The molecule has 1 aromatic carbocycles. The summed E-state index contributed by atoms with van der Waals surface area (Å²) in [5.74, 6) is -0.220. The van der Waals surface area contributed by atoms with Crippen molar-refractivity contribution in [2.75, 3.05) is 13.1 Å². The highest BCUT2D eigenvalue weighted by Crippen LogP contribution is 2.28. The van der Waals surface area contributed by atoms with Crippen molar-refractivity contribution in [3.05, 3.63) is 34.6 Å². The van der Waals surface area contributed by atoms with Crippen LogP contribution < -0.4 is 0 Å². The summed E-state index contributed by atoms with van der Waals surface area (Å²) in [6.07, 6.45) is 1.78. The molecule has 0 fully saturated rings. The molecule has 0 saturated carbocycles. The molecule has 2 nitrogen and oxygen atoms in total. The summed E-state index contributed by atoms with van der Waals surface area (Å²) in [6, 6.07) is 4.22. The van der Waals surface area contributed by atoms with Gasteiger partial charge in [-0.3, -0.25) is 9.69 Å². The normalized spacial score (nSPS) is 12.0. The molecule has 21 heavy (non-hydrogen) atoms. The fraction of sp³-hybridized carbons (Fsp3) is 0.588. The number of Topliss-reactive ketones (excluding diaryl/α,β-unsaturated/α-hetero) is 1. The molecule has 0 spiro atoms. The number of ketones is 1. The molecule has 0 bridgehead atoms. The van der Waals surface area contributed by atoms with E-state index in [0.29, 0.717) is 10.6 Å². The maximum absolute atomic E-state index is 13.1. The fourth-order valence-corrected chi connectivity index (χ4v) is 3.33. The van der Waals surface area contributed by atoms with Crippen LogP contribution in [0.5, 0.6) is 0 Å². The van der Waals surface area contributed by atoms with E-state index in [1.807, 2.05) is 13.8 Å². The van der Waals surface area contributed by atoms with Crippen LogP contribution in [0.25, 0.3) is 0 Å². The van der Waals surface area contributed by atoms with E-state index < -0.39 is 5.54 Å². The van der Waals surface area contributed by atoms with Crippen LogP contribution in [0.4, 0.5) is 4.39 Å². The molecule has 0 aromatic heterocycles. The highest BCUT2D eigenvalue weighted by atomic mass is 35.5. The molecule has 0 aliphatic rings. The molecule has 0 saturated heterocycles. The van der Waals surface area contributed by atoms with E-state index in [9.17, 15) is 9.18 Å². The number of benzene rings is 1. The molecule has 0 heterocycles. The van der Waals surface area contributed by atoms with Crippen LogP contribution in [0.1, 0.15) is 46.1 Å². The van der Waals surface area contributed by atoms with Crippen LogP contribution in [-0.2, 0) is 11.2 Å². The second kappa shape index (κ2) is 7.90. The zero-order valence-electron chi connectivity index (χ0n) is 13.4. The second-order valence-corrected chi connectivity index (χ2v) is 5.65. The zero-order chi connectivity index (χ0) is 16.0. The number of nitrogens with zero attached hydrogens (tertiary/aromatic N) is 1. The fourth-order valence-electron chi connectivity index (χ4n) is 3.10. The largest absolute Gasteiger partial charge is 0.297 e. The first-order valence-electron chi connectivity index (χ1n) is 7.67. The van der Waals surface area contributed by atoms with E-state index in [1.54, 1.807) is 6.07 Å². The van der Waals surface area contributed by atoms with E-state index in [2.05, 4.69) is 18.7 Å². The number of rotatable bonds is 8. The maximum Gasteiger partial charge on any atom is 0.157 e. The topological polar surface area (TPSA) is 20.3 Å². The van der Waals surface area contributed by atoms with Gasteiger partial charge in [-0.05, 0) is 43.6 Å². The van der Waals surface area contributed by atoms with E-state index in [-0.39, 0.29) is 18.0 Å². The van der Waals surface area contributed by atoms with Gasteiger partial charge in [0.15, 0.2) is 5.78 Å². The average Bonchev–Trinajstić information content (AvgIpc) is 2.47. The van der Waals surface area contributed by atoms with Crippen molar-refractivity contribution >= 4 is 17.4 Å². The van der Waals surface area contributed by atoms with Gasteiger partial charge < -0.3 is 0 Å². The number of carbonyl (C=O) groups is 1. The molecule has 0 aliphatic carbocycles. The van der Waals surface area contributed by atoms with E-state index in [4.69, 9.17) is 11.6 Å². The Morgan fingerprint density at radius 3 is 2.19 bits per heavy atom. The Hall–Kier alpha value is -0.930. The molecule has 0 unspecified atom stereocenters. The van der Waals surface area contributed by atoms with E-state index in [1.165, 1.54) is 12.1 Å². The highest BCUT2D eigenvalue weighted by molar-refractivity contribution is 6.31. The zero-order valence-corrected chi connectivity index (χ0v) is 14.1. The van der Waals surface area contributed by atoms with Crippen molar-refractivity contribution in [1.29, 1.82) is 0 Å². The van der Waals surface area contributed by atoms with Crippen LogP contribution in [-0.4, -0.2) is 29.3 Å². The van der Waals surface area contributed by atoms with Crippen molar-refractivity contribution < 1.29 is 9.18 Å². The lowest BCUT2D eigenvalue weighted by molar-refractivity contribution is -0.131. The third kappa shape index (κ3) is 3.83. The summed E-state index contributed by atoms with van der Waals surface area (Å²) in [7, 11) is 0. The van der Waals surface area contributed by atoms with Crippen LogP contribution in [0.2, 0.25) is 5.02 Å². The predicted molar refractivity (Wildman–Crippen MR) is 86.4 cm³/mol. The minimum Gasteiger partial charge on any atom is -0.297 e. The summed E-state index contributed by atoms with van der Waals surface area (Å²) in [5, 5.41) is 0.323. The molecule has 0 N–H and O–H groups in total. The Kier molecular flexibility index (Phi) is 6.82. The first-order valence-corrected chi connectivity index (χ1v) is 8.05. The van der Waals surface area contributed by atoms with Crippen molar-refractivity contribution in [2.45, 2.75) is 52.5 Å². The third-order valence-electron chi connectivity index (χ3n) is 4.42. The Balaban J connectivity index is 3.07. The predicted octanol–water partition coefficient (Wildman–Crippen LogP) is 4.49. The number of carbonyl (C=O) groups excluding carboxylic acids is 1. The Bertz CT molecular complexity index is 482. The van der Waals surface area contributed by atoms with Gasteiger partial charge in [-0.1, -0.05) is 45.4 Å². The van der Waals surface area contributed by atoms with Gasteiger partial charge in [0.05, 0.1) is 5.54 Å². The van der Waals surface area contributed by atoms with Crippen molar-refractivity contribution in [3.8, 4) is 0 Å². The molecular weight excluding hydrogens is 289 g/mol. The lowest BCUT2D eigenvalue weighted by Gasteiger charge is -2.41. The van der Waals surface area contributed by atoms with Gasteiger partial charge in [-0.2, -0.15) is 0 Å². The van der Waals surface area contributed by atoms with E-state index in [0.717, 1.165) is 25.9 Å². The minimum absolute atomic E-state index is 0.157. The summed E-state index contributed by atoms with van der Waals surface area (Å²) < 4.78 is 13.1. The molecule has 1 aromatic rings. The third-order valence-corrected chi connectivity index (χ3v) is 4.78. The Morgan fingerprint density at radius 2 is 1.76 bits per heavy atom. The van der Waals surface area contributed by atoms with Crippen molar-refractivity contribution in [1.82, 2.24) is 4.90 Å². The number of halogens is 2. The number of hydrogen-bond acceptors (Lipinski definition) is 2. The molecule has 1 rings (SSSR count). The molecule has 4 heteroatoms. The van der Waals surface area contributed by atoms with Crippen LogP contribution >= 0.6 is 11.6 Å². The van der Waals surface area contributed by atoms with Gasteiger partial charge in [0.2, 0.25) is 0 Å². The van der Waals surface area contributed by atoms with Gasteiger partial charge in [0, 0.05) is 11.4 Å². The van der Waals surface area contributed by atoms with E-state index >= 15 is 0 Å². The minimum atomic E-state index is -0.457. The SMILES string of the molecule is CCN(CC)C(CC)(CC)C(=O)Cc1ccc(F)cc1Cl. The van der Waals surface area contributed by atoms with Gasteiger partial charge in [0.25, 0.3) is 0 Å². The van der Waals surface area contributed by atoms with Crippen LogP contribution in [0, 0.1) is 5.82 Å². The lowest BCUT2D eigenvalue weighted by Crippen LogP contribution is -2.54. The van der Waals surface area contributed by atoms with Gasteiger partial charge in [-0.15, -0.1) is 0 Å². The van der Waals surface area contributed by atoms with Crippen molar-refractivity contribution in [3.63, 3.8) is 0 Å². The average molecular weight is 314 g/mol. The molecular formula is C17H25ClFNO. The number of likely N-dealkylation sites (N-methyl/N-ethyl adjacent to an activating group) is 1. The lowest BCUT2D eigenvalue weighted by atomic mass is 9.83. The standard InChI is InChI=1S/C17H25ClFNO/c1-5-17(6-2,20(7-3)8-4)16(21)11-13-9-10-14(19)12-15(13)18/h9-10,12H,5-8,11H2,1-4H3. The van der Waals surface area contributed by atoms with Crippen LogP contribution in [0.3, 0.4) is 0 Å². The molecule has 118 valence electrons. The summed E-state index contributed by atoms with van der Waals surface area (Å²) in [4.78, 5) is 15.1. The Labute approximate surface area is 132 Å². The smallest absolute Gasteiger partial charge is 0.157 e. The summed E-state index contributed by atoms with van der Waals surface area (Å²) in [5.41, 5.74) is 0.239. The molecule has 0 radical (unpaired) electrons. The summed E-state index contributed by atoms with van der Waals surface area (Å²) in [6.45, 7) is 9.91. The molecule has 0 amide bonds. The number of hydrogen-bond donors (Lipinski definition) is 0. The van der Waals surface area contributed by atoms with Crippen molar-refractivity contribution in [2.24, 2.45) is 0 Å². The second-order valence-electron chi connectivity index (χ2n) is 5.25. The van der Waals surface area contributed by atoms with Crippen LogP contribution in [0.15, 0.2) is 18.2 Å². The van der Waals surface area contributed by atoms with Gasteiger partial charge in [-0.25, -0.2) is 4.39 Å². The molecule has 0 atom stereocenters. The first kappa shape index (κ1) is 18.1.